The first-order valence-corrected chi connectivity index (χ1v) is 13.1. The lowest BCUT2D eigenvalue weighted by atomic mass is 10.1. The summed E-state index contributed by atoms with van der Waals surface area (Å²) < 4.78 is 35.2. The molecule has 1 aliphatic heterocycles. The van der Waals surface area contributed by atoms with Gasteiger partial charge in [0.15, 0.2) is 12.4 Å². The number of anilines is 1. The van der Waals surface area contributed by atoms with Gasteiger partial charge >= 0.3 is 16.1 Å². The van der Waals surface area contributed by atoms with Crippen molar-refractivity contribution in [3.8, 4) is 5.75 Å². The minimum Gasteiger partial charge on any atom is -0.457 e. The summed E-state index contributed by atoms with van der Waals surface area (Å²) >= 11 is 0. The summed E-state index contributed by atoms with van der Waals surface area (Å²) in [6, 6.07) is 17.4. The first kappa shape index (κ1) is 26.1. The van der Waals surface area contributed by atoms with E-state index >= 15 is 0 Å². The SMILES string of the molecule is Cc1ccc(S(=O)(=O)Oc2ccc(C(=O)COC(=O)C3CC(=O)N(c4cccc(C)c4C)C3)cc2)cc1. The lowest BCUT2D eigenvalue weighted by Crippen LogP contribution is -2.27. The van der Waals surface area contributed by atoms with Gasteiger partial charge in [-0.15, -0.1) is 0 Å². The van der Waals surface area contributed by atoms with Crippen LogP contribution in [-0.2, 0) is 24.4 Å². The molecule has 3 aromatic carbocycles. The van der Waals surface area contributed by atoms with E-state index in [0.717, 1.165) is 22.4 Å². The summed E-state index contributed by atoms with van der Waals surface area (Å²) in [5.74, 6) is -1.86. The Bertz CT molecular complexity index is 1440. The second-order valence-corrected chi connectivity index (χ2v) is 10.6. The summed E-state index contributed by atoms with van der Waals surface area (Å²) in [6.07, 6.45) is 0.0158. The lowest BCUT2D eigenvalue weighted by Gasteiger charge is -2.20. The Kier molecular flexibility index (Phi) is 7.45. The molecule has 0 spiro atoms. The zero-order valence-corrected chi connectivity index (χ0v) is 21.6. The summed E-state index contributed by atoms with van der Waals surface area (Å²) in [5.41, 5.74) is 3.93. The van der Waals surface area contributed by atoms with Gasteiger partial charge in [0.25, 0.3) is 0 Å². The van der Waals surface area contributed by atoms with E-state index in [4.69, 9.17) is 8.92 Å². The van der Waals surface area contributed by atoms with Gasteiger partial charge < -0.3 is 13.8 Å². The molecule has 4 rings (SSSR count). The first-order chi connectivity index (χ1) is 17.5. The number of hydrogen-bond acceptors (Lipinski definition) is 7. The number of rotatable bonds is 8. The Balaban J connectivity index is 1.33. The highest BCUT2D eigenvalue weighted by Gasteiger charge is 2.37. The van der Waals surface area contributed by atoms with Crippen LogP contribution < -0.4 is 9.08 Å². The number of nitrogens with zero attached hydrogens (tertiary/aromatic N) is 1. The normalized spacial score (nSPS) is 15.5. The summed E-state index contributed by atoms with van der Waals surface area (Å²) in [4.78, 5) is 39.3. The summed E-state index contributed by atoms with van der Waals surface area (Å²) in [7, 11) is -4.01. The molecule has 0 bridgehead atoms. The Hall–Kier alpha value is -3.98. The highest BCUT2D eigenvalue weighted by atomic mass is 32.2. The van der Waals surface area contributed by atoms with E-state index in [2.05, 4.69) is 0 Å². The van der Waals surface area contributed by atoms with Gasteiger partial charge in [-0.25, -0.2) is 0 Å². The highest BCUT2D eigenvalue weighted by molar-refractivity contribution is 7.87. The number of esters is 1. The molecule has 1 aliphatic rings. The van der Waals surface area contributed by atoms with Crippen LogP contribution in [0.5, 0.6) is 5.75 Å². The van der Waals surface area contributed by atoms with Crippen LogP contribution in [0.2, 0.25) is 0 Å². The van der Waals surface area contributed by atoms with Crippen molar-refractivity contribution in [1.29, 1.82) is 0 Å². The predicted molar refractivity (Wildman–Crippen MR) is 137 cm³/mol. The number of ketones is 1. The first-order valence-electron chi connectivity index (χ1n) is 11.7. The number of Topliss-reactive ketones (excluding diaryl/α,β-unsaturated/α-hetero) is 1. The van der Waals surface area contributed by atoms with E-state index in [1.807, 2.05) is 39.0 Å². The summed E-state index contributed by atoms with van der Waals surface area (Å²) in [6.45, 7) is 5.43. The monoisotopic (exact) mass is 521 g/mol. The molecule has 0 saturated carbocycles. The maximum absolute atomic E-state index is 12.6. The fraction of sp³-hybridized carbons (Fsp3) is 0.250. The van der Waals surface area contributed by atoms with Crippen molar-refractivity contribution < 1.29 is 31.7 Å². The third-order valence-electron chi connectivity index (χ3n) is 6.36. The van der Waals surface area contributed by atoms with Crippen LogP contribution in [0.15, 0.2) is 71.6 Å². The van der Waals surface area contributed by atoms with Crippen molar-refractivity contribution in [3.63, 3.8) is 0 Å². The van der Waals surface area contributed by atoms with Gasteiger partial charge in [-0.3, -0.25) is 14.4 Å². The number of hydrogen-bond donors (Lipinski definition) is 0. The molecule has 192 valence electrons. The van der Waals surface area contributed by atoms with E-state index in [-0.39, 0.29) is 35.1 Å². The van der Waals surface area contributed by atoms with Gasteiger partial charge in [-0.05, 0) is 74.4 Å². The molecule has 1 heterocycles. The van der Waals surface area contributed by atoms with Crippen molar-refractivity contribution >= 4 is 33.5 Å². The van der Waals surface area contributed by atoms with Crippen LogP contribution >= 0.6 is 0 Å². The minimum absolute atomic E-state index is 0.0158. The quantitative estimate of drug-likeness (QED) is 0.249. The average Bonchev–Trinajstić information content (AvgIpc) is 3.26. The van der Waals surface area contributed by atoms with Crippen LogP contribution in [0.1, 0.15) is 33.5 Å². The molecule has 1 amide bonds. The Morgan fingerprint density at radius 3 is 2.30 bits per heavy atom. The Morgan fingerprint density at radius 2 is 1.62 bits per heavy atom. The van der Waals surface area contributed by atoms with Crippen LogP contribution in [0.25, 0.3) is 0 Å². The maximum Gasteiger partial charge on any atom is 0.339 e. The van der Waals surface area contributed by atoms with Crippen LogP contribution in [0.4, 0.5) is 5.69 Å². The molecule has 9 heteroatoms. The standard InChI is InChI=1S/C28H27NO7S/c1-18-7-13-24(14-8-18)37(33,34)36-23-11-9-21(10-12-23)26(30)17-35-28(32)22-15-27(31)29(16-22)25-6-4-5-19(2)20(25)3/h4-14,22H,15-17H2,1-3H3. The molecule has 1 unspecified atom stereocenters. The lowest BCUT2D eigenvalue weighted by molar-refractivity contribution is -0.147. The van der Waals surface area contributed by atoms with E-state index in [1.165, 1.54) is 36.4 Å². The number of amides is 1. The second kappa shape index (κ2) is 10.6. The van der Waals surface area contributed by atoms with E-state index in [9.17, 15) is 22.8 Å². The van der Waals surface area contributed by atoms with Crippen LogP contribution in [0.3, 0.4) is 0 Å². The third kappa shape index (κ3) is 5.89. The van der Waals surface area contributed by atoms with Gasteiger partial charge in [0.2, 0.25) is 5.91 Å². The van der Waals surface area contributed by atoms with Crippen molar-refractivity contribution in [2.24, 2.45) is 5.92 Å². The largest absolute Gasteiger partial charge is 0.457 e. The number of carbonyl (C=O) groups excluding carboxylic acids is 3. The molecule has 0 aliphatic carbocycles. The van der Waals surface area contributed by atoms with Crippen molar-refractivity contribution in [1.82, 2.24) is 0 Å². The number of carbonyl (C=O) groups is 3. The van der Waals surface area contributed by atoms with Gasteiger partial charge in [-0.2, -0.15) is 8.42 Å². The second-order valence-electron chi connectivity index (χ2n) is 9.03. The van der Waals surface area contributed by atoms with Gasteiger partial charge in [0, 0.05) is 24.2 Å². The molecule has 3 aromatic rings. The molecule has 0 radical (unpaired) electrons. The molecular weight excluding hydrogens is 494 g/mol. The van der Waals surface area contributed by atoms with Crippen molar-refractivity contribution in [3.05, 3.63) is 89.0 Å². The molecule has 37 heavy (non-hydrogen) atoms. The predicted octanol–water partition coefficient (Wildman–Crippen LogP) is 4.16. The van der Waals surface area contributed by atoms with Crippen molar-refractivity contribution in [2.45, 2.75) is 32.1 Å². The molecule has 1 fully saturated rings. The topological polar surface area (TPSA) is 107 Å². The Morgan fingerprint density at radius 1 is 0.946 bits per heavy atom. The van der Waals surface area contributed by atoms with Crippen LogP contribution in [-0.4, -0.2) is 39.2 Å². The van der Waals surface area contributed by atoms with Crippen molar-refractivity contribution in [2.75, 3.05) is 18.1 Å². The zero-order valence-electron chi connectivity index (χ0n) is 20.8. The maximum atomic E-state index is 12.6. The number of ether oxygens (including phenoxy) is 1. The molecule has 1 saturated heterocycles. The molecule has 0 aromatic heterocycles. The van der Waals surface area contributed by atoms with E-state index in [1.54, 1.807) is 17.0 Å². The molecule has 1 atom stereocenters. The highest BCUT2D eigenvalue weighted by Crippen LogP contribution is 2.30. The van der Waals surface area contributed by atoms with Crippen LogP contribution in [0, 0.1) is 26.7 Å². The number of benzene rings is 3. The third-order valence-corrected chi connectivity index (χ3v) is 7.62. The van der Waals surface area contributed by atoms with Gasteiger partial charge in [-0.1, -0.05) is 29.8 Å². The van der Waals surface area contributed by atoms with Gasteiger partial charge in [0.1, 0.15) is 10.6 Å². The average molecular weight is 522 g/mol. The van der Waals surface area contributed by atoms with Gasteiger partial charge in [0.05, 0.1) is 5.92 Å². The van der Waals surface area contributed by atoms with E-state index < -0.39 is 34.4 Å². The van der Waals surface area contributed by atoms with E-state index in [0.29, 0.717) is 0 Å². The summed E-state index contributed by atoms with van der Waals surface area (Å²) in [5, 5.41) is 0. The molecule has 0 N–H and O–H groups in total. The smallest absolute Gasteiger partial charge is 0.339 e. The zero-order chi connectivity index (χ0) is 26.7. The minimum atomic E-state index is -4.01. The Labute approximate surface area is 215 Å². The fourth-order valence-corrected chi connectivity index (χ4v) is 4.97. The number of aryl methyl sites for hydroxylation is 2. The molecule has 8 nitrogen and oxygen atoms in total. The molecular formula is C28H27NO7S. The fourth-order valence-electron chi connectivity index (χ4n) is 4.04.